The summed E-state index contributed by atoms with van der Waals surface area (Å²) in [4.78, 5) is 74.4. The van der Waals surface area contributed by atoms with Gasteiger partial charge in [0.05, 0.1) is 48.0 Å². The molecule has 8 rings (SSSR count). The van der Waals surface area contributed by atoms with Crippen LogP contribution in [0.15, 0.2) is 36.9 Å². The second-order valence-electron chi connectivity index (χ2n) is 23.7. The number of nitrogens with zero attached hydrogens (tertiary/aromatic N) is 8. The van der Waals surface area contributed by atoms with Crippen LogP contribution >= 0.6 is 0 Å². The highest BCUT2D eigenvalue weighted by Crippen LogP contribution is 2.44. The summed E-state index contributed by atoms with van der Waals surface area (Å²) in [5.41, 5.74) is -1.54. The lowest BCUT2D eigenvalue weighted by Gasteiger charge is -2.33. The maximum atomic E-state index is 15.9. The number of nitrogens with one attached hydrogen (secondary N) is 6. The third-order valence-corrected chi connectivity index (χ3v) is 15.1. The lowest BCUT2D eigenvalue weighted by Crippen LogP contribution is -2.39. The molecule has 4 amide bonds. The Morgan fingerprint density at radius 2 is 0.886 bits per heavy atom. The van der Waals surface area contributed by atoms with Gasteiger partial charge in [0, 0.05) is 75.6 Å². The molecule has 4 atom stereocenters. The lowest BCUT2D eigenvalue weighted by molar-refractivity contribution is -0.127. The van der Waals surface area contributed by atoms with E-state index in [4.69, 9.17) is 0 Å². The molecule has 0 saturated heterocycles. The van der Waals surface area contributed by atoms with E-state index in [9.17, 15) is 71.9 Å². The van der Waals surface area contributed by atoms with Gasteiger partial charge in [-0.3, -0.25) is 19.2 Å². The molecular weight excluding hydrogens is 1200 g/mol. The second-order valence-corrected chi connectivity index (χ2v) is 23.7. The fourth-order valence-corrected chi connectivity index (χ4v) is 10.7. The first kappa shape index (κ1) is 68.1. The van der Waals surface area contributed by atoms with Gasteiger partial charge in [0.1, 0.15) is 35.3 Å². The van der Waals surface area contributed by atoms with Gasteiger partial charge in [-0.2, -0.15) is 10.2 Å². The van der Waals surface area contributed by atoms with Crippen molar-refractivity contribution in [2.75, 3.05) is 13.1 Å². The van der Waals surface area contributed by atoms with Crippen molar-refractivity contribution < 1.29 is 80.6 Å². The van der Waals surface area contributed by atoms with Gasteiger partial charge in [-0.15, -0.1) is 0 Å². The van der Waals surface area contributed by atoms with E-state index < -0.39 is 169 Å². The number of carbonyl (C=O) groups is 4. The van der Waals surface area contributed by atoms with Gasteiger partial charge in [-0.05, 0) is 91.2 Å². The molecular formula is C56H68F14N14O4. The Morgan fingerprint density at radius 1 is 0.557 bits per heavy atom. The van der Waals surface area contributed by atoms with Crippen LogP contribution < -0.4 is 21.3 Å². The third kappa shape index (κ3) is 17.5. The summed E-state index contributed by atoms with van der Waals surface area (Å²) in [7, 11) is 0. The maximum absolute atomic E-state index is 15.9. The molecule has 88 heavy (non-hydrogen) atoms. The van der Waals surface area contributed by atoms with Gasteiger partial charge in [-0.1, -0.05) is 12.1 Å². The predicted molar refractivity (Wildman–Crippen MR) is 290 cm³/mol. The van der Waals surface area contributed by atoms with Crippen LogP contribution in [0.3, 0.4) is 0 Å². The Labute approximate surface area is 495 Å². The largest absolute Gasteiger partial charge is 0.350 e. The molecule has 0 bridgehead atoms. The van der Waals surface area contributed by atoms with E-state index in [-0.39, 0.29) is 83.1 Å². The molecule has 32 heteroatoms. The average molecular weight is 1270 g/mol. The zero-order valence-corrected chi connectivity index (χ0v) is 49.1. The molecule has 6 N–H and O–H groups in total. The first-order valence-electron chi connectivity index (χ1n) is 28.3. The topological polar surface area (TPSA) is 235 Å². The lowest BCUT2D eigenvalue weighted by atomic mass is 9.81. The normalized spacial score (nSPS) is 17.5. The number of imidazole rings is 2. The molecule has 4 heterocycles. The molecule has 2 aromatic carbocycles. The van der Waals surface area contributed by atoms with E-state index in [2.05, 4.69) is 50.7 Å². The van der Waals surface area contributed by atoms with Crippen LogP contribution in [-0.2, 0) is 9.59 Å². The Morgan fingerprint density at radius 3 is 1.18 bits per heavy atom. The minimum atomic E-state index is -3.45. The van der Waals surface area contributed by atoms with Crippen molar-refractivity contribution in [3.05, 3.63) is 83.0 Å². The number of benzene rings is 2. The quantitative estimate of drug-likeness (QED) is 0.0352. The fourth-order valence-electron chi connectivity index (χ4n) is 10.7. The van der Waals surface area contributed by atoms with Crippen LogP contribution in [0.1, 0.15) is 200 Å². The van der Waals surface area contributed by atoms with Crippen LogP contribution in [0.25, 0.3) is 22.1 Å². The smallest absolute Gasteiger partial charge is 0.289 e. The van der Waals surface area contributed by atoms with Crippen molar-refractivity contribution in [2.45, 2.75) is 191 Å². The first-order valence-corrected chi connectivity index (χ1v) is 28.3. The molecule has 18 nitrogen and oxygen atoms in total. The minimum absolute atomic E-state index is 0.00941. The Hall–Kier alpha value is -7.44. The molecule has 0 spiro atoms. The zero-order chi connectivity index (χ0) is 65.2. The SMILES string of the molecule is CC(C)n1ncnc1C(=O)NC(c1nc2c(F)c(C(CC(C)(F)F)C(=O)NCC(C)(F)F)ccc2[nH]1)C1CCC(F)(F)CC1.CC(C)n1ncnc1C(=O)NC(c1nc2c(F)c(C(CC(C)(F)F)C(=O)NCC(C)(F)F)ccc2[nH]1)C1CCC(F)(F)CC1. The Balaban J connectivity index is 0.000000251. The summed E-state index contributed by atoms with van der Waals surface area (Å²) in [6.07, 6.45) is -1.68. The van der Waals surface area contributed by atoms with Crippen LogP contribution in [0.4, 0.5) is 61.5 Å². The summed E-state index contributed by atoms with van der Waals surface area (Å²) in [6.45, 7) is 6.94. The summed E-state index contributed by atoms with van der Waals surface area (Å²) in [5.74, 6) is -30.2. The monoisotopic (exact) mass is 1270 g/mol. The van der Waals surface area contributed by atoms with Crippen LogP contribution in [0.2, 0.25) is 0 Å². The molecule has 0 radical (unpaired) electrons. The number of hydrogen-bond donors (Lipinski definition) is 6. The number of fused-ring (bicyclic) bond motifs is 2. The van der Waals surface area contributed by atoms with E-state index in [1.54, 1.807) is 27.7 Å². The number of hydrogen-bond acceptors (Lipinski definition) is 10. The standard InChI is InChI=1S/2C28H34F7N7O2/c2*1-14(2)42-23(37-13-38-42)25(44)41-20(15-7-9-28(34,35)10-8-15)22-39-18-6-5-16(19(29)21(18)40-22)17(11-26(3,30)31)24(43)36-12-27(4,32)33/h2*5-6,13-15,17,20H,7-12H2,1-4H3,(H,36,43)(H,39,40)(H,41,44). The number of carbonyl (C=O) groups excluding carboxylic acids is 4. The number of alkyl halides is 12. The highest BCUT2D eigenvalue weighted by molar-refractivity contribution is 5.92. The summed E-state index contributed by atoms with van der Waals surface area (Å²) in [6, 6.07) is 2.28. The van der Waals surface area contributed by atoms with Gasteiger partial charge in [0.2, 0.25) is 47.2 Å². The van der Waals surface area contributed by atoms with Crippen molar-refractivity contribution in [2.24, 2.45) is 11.8 Å². The van der Waals surface area contributed by atoms with Gasteiger partial charge in [0.15, 0.2) is 11.6 Å². The molecule has 6 aromatic rings. The highest BCUT2D eigenvalue weighted by atomic mass is 19.3. The van der Waals surface area contributed by atoms with Crippen LogP contribution in [0.5, 0.6) is 0 Å². The number of H-pyrrole nitrogens is 2. The van der Waals surface area contributed by atoms with Crippen molar-refractivity contribution in [3.63, 3.8) is 0 Å². The molecule has 484 valence electrons. The van der Waals surface area contributed by atoms with E-state index >= 15 is 8.78 Å². The van der Waals surface area contributed by atoms with E-state index in [0.29, 0.717) is 27.7 Å². The third-order valence-electron chi connectivity index (χ3n) is 15.1. The highest BCUT2D eigenvalue weighted by Gasteiger charge is 2.43. The predicted octanol–water partition coefficient (Wildman–Crippen LogP) is 12.1. The second kappa shape index (κ2) is 26.3. The molecule has 2 aliphatic carbocycles. The molecule has 4 unspecified atom stereocenters. The van der Waals surface area contributed by atoms with E-state index in [0.717, 1.165) is 12.1 Å². The zero-order valence-electron chi connectivity index (χ0n) is 49.1. The fraction of sp³-hybridized carbons (Fsp3) is 0.607. The number of aromatic amines is 2. The van der Waals surface area contributed by atoms with E-state index in [1.807, 2.05) is 10.6 Å². The maximum Gasteiger partial charge on any atom is 0.289 e. The van der Waals surface area contributed by atoms with Crippen molar-refractivity contribution >= 4 is 45.7 Å². The summed E-state index contributed by atoms with van der Waals surface area (Å²) in [5, 5.41) is 17.4. The van der Waals surface area contributed by atoms with E-state index in [1.165, 1.54) is 34.2 Å². The Bertz CT molecular complexity index is 3190. The van der Waals surface area contributed by atoms with Gasteiger partial charge in [0.25, 0.3) is 23.7 Å². The van der Waals surface area contributed by atoms with Crippen LogP contribution in [-0.4, -0.2) is 122 Å². The van der Waals surface area contributed by atoms with Crippen molar-refractivity contribution in [1.82, 2.24) is 70.7 Å². The minimum Gasteiger partial charge on any atom is -0.350 e. The molecule has 4 aromatic heterocycles. The first-order chi connectivity index (χ1) is 40.7. The average Bonchev–Trinajstić information content (AvgIpc) is 1.65. The number of amides is 4. The van der Waals surface area contributed by atoms with Gasteiger partial charge < -0.3 is 31.2 Å². The van der Waals surface area contributed by atoms with Crippen LogP contribution in [0, 0.1) is 23.5 Å². The summed E-state index contributed by atoms with van der Waals surface area (Å²) < 4.78 is 200. The molecule has 0 aliphatic heterocycles. The molecule has 2 aliphatic rings. The number of halogens is 14. The molecule has 2 fully saturated rings. The number of rotatable bonds is 22. The summed E-state index contributed by atoms with van der Waals surface area (Å²) >= 11 is 0. The van der Waals surface area contributed by atoms with Crippen molar-refractivity contribution in [3.8, 4) is 0 Å². The van der Waals surface area contributed by atoms with Gasteiger partial charge >= 0.3 is 0 Å². The molecule has 2 saturated carbocycles. The van der Waals surface area contributed by atoms with Gasteiger partial charge in [-0.25, -0.2) is 90.8 Å². The number of aromatic nitrogens is 10. The van der Waals surface area contributed by atoms with Crippen molar-refractivity contribution in [1.29, 1.82) is 0 Å². The Kier molecular flexibility index (Phi) is 20.4.